The smallest absolute Gasteiger partial charge is 0.220 e. The lowest BCUT2D eigenvalue weighted by molar-refractivity contribution is -0.302. The van der Waals surface area contributed by atoms with Crippen molar-refractivity contribution in [1.82, 2.24) is 5.32 Å². The first-order valence-electron chi connectivity index (χ1n) is 19.7. The summed E-state index contributed by atoms with van der Waals surface area (Å²) in [5.41, 5.74) is 0. The minimum Gasteiger partial charge on any atom is -0.394 e. The van der Waals surface area contributed by atoms with Crippen molar-refractivity contribution < 1.29 is 39.8 Å². The SMILES string of the molecule is C/C=C/CC/C=C/CC/C=C/C(O)C(COC1OC(CO)C(O)C(O)C1O)NC(=O)CCCCCCCCCCCCCCCCCCC. The van der Waals surface area contributed by atoms with Crippen molar-refractivity contribution in [3.05, 3.63) is 36.5 Å². The van der Waals surface area contributed by atoms with Crippen molar-refractivity contribution >= 4 is 5.91 Å². The van der Waals surface area contributed by atoms with Gasteiger partial charge >= 0.3 is 0 Å². The number of hydrogen-bond acceptors (Lipinski definition) is 8. The zero-order chi connectivity index (χ0) is 36.0. The maximum Gasteiger partial charge on any atom is 0.220 e. The van der Waals surface area contributed by atoms with Gasteiger partial charge in [0, 0.05) is 6.42 Å². The Morgan fingerprint density at radius 2 is 1.20 bits per heavy atom. The molecule has 0 saturated carbocycles. The number of ether oxygens (including phenoxy) is 2. The van der Waals surface area contributed by atoms with Crippen molar-refractivity contribution in [2.45, 2.75) is 198 Å². The van der Waals surface area contributed by atoms with Crippen LogP contribution in [0.1, 0.15) is 155 Å². The quantitative estimate of drug-likeness (QED) is 0.0338. The molecule has 0 spiro atoms. The van der Waals surface area contributed by atoms with Gasteiger partial charge in [0.05, 0.1) is 25.4 Å². The first-order valence-corrected chi connectivity index (χ1v) is 19.7. The summed E-state index contributed by atoms with van der Waals surface area (Å²) in [6.45, 7) is 3.50. The average molecular weight is 696 g/mol. The predicted molar refractivity (Wildman–Crippen MR) is 198 cm³/mol. The van der Waals surface area contributed by atoms with Gasteiger partial charge in [-0.15, -0.1) is 0 Å². The van der Waals surface area contributed by atoms with Crippen LogP contribution >= 0.6 is 0 Å². The molecule has 9 heteroatoms. The van der Waals surface area contributed by atoms with Gasteiger partial charge in [-0.2, -0.15) is 0 Å². The molecule has 1 aliphatic rings. The number of aliphatic hydroxyl groups is 5. The fourth-order valence-electron chi connectivity index (χ4n) is 6.08. The van der Waals surface area contributed by atoms with Gasteiger partial charge in [0.2, 0.25) is 5.91 Å². The van der Waals surface area contributed by atoms with E-state index in [0.717, 1.165) is 44.9 Å². The lowest BCUT2D eigenvalue weighted by atomic mass is 9.99. The summed E-state index contributed by atoms with van der Waals surface area (Å²) >= 11 is 0. The Balaban J connectivity index is 2.38. The Morgan fingerprint density at radius 1 is 0.714 bits per heavy atom. The molecule has 286 valence electrons. The van der Waals surface area contributed by atoms with Gasteiger partial charge in [0.25, 0.3) is 0 Å². The van der Waals surface area contributed by atoms with Crippen LogP contribution < -0.4 is 5.32 Å². The largest absolute Gasteiger partial charge is 0.394 e. The van der Waals surface area contributed by atoms with Crippen LogP contribution in [0.2, 0.25) is 0 Å². The minimum absolute atomic E-state index is 0.195. The molecule has 0 aromatic carbocycles. The van der Waals surface area contributed by atoms with Gasteiger partial charge in [0.15, 0.2) is 6.29 Å². The number of amides is 1. The maximum atomic E-state index is 12.8. The number of rotatable bonds is 31. The third-order valence-electron chi connectivity index (χ3n) is 9.29. The Kier molecular flexibility index (Phi) is 28.9. The number of hydrogen-bond donors (Lipinski definition) is 6. The highest BCUT2D eigenvalue weighted by atomic mass is 16.7. The van der Waals surface area contributed by atoms with Crippen molar-refractivity contribution in [1.29, 1.82) is 0 Å². The first kappa shape index (κ1) is 45.4. The second-order valence-electron chi connectivity index (χ2n) is 13.7. The van der Waals surface area contributed by atoms with Gasteiger partial charge < -0.3 is 40.3 Å². The number of unbranched alkanes of at least 4 members (excludes halogenated alkanes) is 18. The van der Waals surface area contributed by atoms with Crippen LogP contribution in [-0.2, 0) is 14.3 Å². The fourth-order valence-corrected chi connectivity index (χ4v) is 6.08. The second kappa shape index (κ2) is 31.2. The molecule has 1 rings (SSSR count). The third-order valence-corrected chi connectivity index (χ3v) is 9.29. The summed E-state index contributed by atoms with van der Waals surface area (Å²) in [5, 5.41) is 53.8. The molecular formula is C40H73NO8. The van der Waals surface area contributed by atoms with E-state index < -0.39 is 49.5 Å². The molecule has 0 aromatic heterocycles. The lowest BCUT2D eigenvalue weighted by Gasteiger charge is -2.40. The average Bonchev–Trinajstić information content (AvgIpc) is 3.10. The molecule has 0 aromatic rings. The highest BCUT2D eigenvalue weighted by Gasteiger charge is 2.44. The summed E-state index contributed by atoms with van der Waals surface area (Å²) in [6.07, 6.45) is 29.3. The standard InChI is InChI=1S/C40H73NO8/c1-3-5-7-9-11-13-14-15-16-17-18-19-20-22-24-26-28-30-36(44)41-33(34(43)29-27-25-23-21-12-10-8-6-4-2)32-48-40-39(47)38(46)37(45)35(31-42)49-40/h4,6,12,21,27,29,33-35,37-40,42-43,45-47H,3,5,7-11,13-20,22-26,28,30-32H2,1-2H3,(H,41,44)/b6-4+,21-12+,29-27+. The monoisotopic (exact) mass is 696 g/mol. The van der Waals surface area contributed by atoms with Gasteiger partial charge in [-0.3, -0.25) is 4.79 Å². The summed E-state index contributed by atoms with van der Waals surface area (Å²) in [4.78, 5) is 12.8. The van der Waals surface area contributed by atoms with Gasteiger partial charge in [-0.05, 0) is 39.0 Å². The van der Waals surface area contributed by atoms with Crippen LogP contribution in [0.25, 0.3) is 0 Å². The molecular weight excluding hydrogens is 622 g/mol. The van der Waals surface area contributed by atoms with E-state index in [0.29, 0.717) is 6.42 Å². The molecule has 7 unspecified atom stereocenters. The number of aliphatic hydroxyl groups excluding tert-OH is 5. The highest BCUT2D eigenvalue weighted by Crippen LogP contribution is 2.22. The van der Waals surface area contributed by atoms with Crippen LogP contribution in [0, 0.1) is 0 Å². The van der Waals surface area contributed by atoms with Crippen molar-refractivity contribution in [2.24, 2.45) is 0 Å². The van der Waals surface area contributed by atoms with E-state index in [1.807, 2.05) is 19.1 Å². The van der Waals surface area contributed by atoms with Crippen LogP contribution in [-0.4, -0.2) is 87.5 Å². The zero-order valence-corrected chi connectivity index (χ0v) is 30.9. The third kappa shape index (κ3) is 22.8. The lowest BCUT2D eigenvalue weighted by Crippen LogP contribution is -2.60. The van der Waals surface area contributed by atoms with Crippen LogP contribution in [0.3, 0.4) is 0 Å². The van der Waals surface area contributed by atoms with Crippen molar-refractivity contribution in [2.75, 3.05) is 13.2 Å². The Labute approximate surface area is 298 Å². The summed E-state index contributed by atoms with van der Waals surface area (Å²) < 4.78 is 11.1. The summed E-state index contributed by atoms with van der Waals surface area (Å²) in [7, 11) is 0. The predicted octanol–water partition coefficient (Wildman–Crippen LogP) is 6.94. The molecule has 1 amide bonds. The molecule has 9 nitrogen and oxygen atoms in total. The van der Waals surface area contributed by atoms with E-state index in [-0.39, 0.29) is 12.5 Å². The van der Waals surface area contributed by atoms with E-state index in [1.54, 1.807) is 6.08 Å². The zero-order valence-electron chi connectivity index (χ0n) is 30.9. The molecule has 1 saturated heterocycles. The minimum atomic E-state index is -1.57. The molecule has 0 bridgehead atoms. The van der Waals surface area contributed by atoms with Crippen molar-refractivity contribution in [3.63, 3.8) is 0 Å². The van der Waals surface area contributed by atoms with E-state index in [9.17, 15) is 30.3 Å². The molecule has 1 aliphatic heterocycles. The molecule has 49 heavy (non-hydrogen) atoms. The number of allylic oxidation sites excluding steroid dienone is 5. The van der Waals surface area contributed by atoms with Gasteiger partial charge in [-0.25, -0.2) is 0 Å². The molecule has 6 N–H and O–H groups in total. The van der Waals surface area contributed by atoms with Gasteiger partial charge in [-0.1, -0.05) is 146 Å². The highest BCUT2D eigenvalue weighted by molar-refractivity contribution is 5.76. The molecule has 0 aliphatic carbocycles. The summed E-state index contributed by atoms with van der Waals surface area (Å²) in [6, 6.07) is -0.821. The maximum absolute atomic E-state index is 12.8. The Bertz CT molecular complexity index is 863. The van der Waals surface area contributed by atoms with Crippen molar-refractivity contribution in [3.8, 4) is 0 Å². The van der Waals surface area contributed by atoms with E-state index in [4.69, 9.17) is 9.47 Å². The Morgan fingerprint density at radius 3 is 1.71 bits per heavy atom. The molecule has 1 fully saturated rings. The van der Waals surface area contributed by atoms with Crippen LogP contribution in [0.15, 0.2) is 36.5 Å². The van der Waals surface area contributed by atoms with Crippen LogP contribution in [0.4, 0.5) is 0 Å². The van der Waals surface area contributed by atoms with Crippen LogP contribution in [0.5, 0.6) is 0 Å². The molecule has 0 radical (unpaired) electrons. The van der Waals surface area contributed by atoms with E-state index in [1.165, 1.54) is 89.9 Å². The topological polar surface area (TPSA) is 149 Å². The molecule has 1 heterocycles. The first-order chi connectivity index (χ1) is 23.8. The number of carbonyl (C=O) groups is 1. The summed E-state index contributed by atoms with van der Waals surface area (Å²) in [5.74, 6) is -0.195. The Hall–Kier alpha value is -1.59. The fraction of sp³-hybridized carbons (Fsp3) is 0.825. The second-order valence-corrected chi connectivity index (χ2v) is 13.7. The van der Waals surface area contributed by atoms with E-state index in [2.05, 4.69) is 30.5 Å². The normalized spacial score (nSPS) is 22.8. The molecule has 7 atom stereocenters. The number of nitrogens with one attached hydrogen (secondary N) is 1. The van der Waals surface area contributed by atoms with E-state index >= 15 is 0 Å². The van der Waals surface area contributed by atoms with Gasteiger partial charge in [0.1, 0.15) is 24.4 Å². The number of carbonyl (C=O) groups excluding carboxylic acids is 1.